The predicted molar refractivity (Wildman–Crippen MR) is 92.0 cm³/mol. The molecule has 0 bridgehead atoms. The molecule has 1 aromatic carbocycles. The summed E-state index contributed by atoms with van der Waals surface area (Å²) in [6, 6.07) is 6.97. The number of hydrogen-bond acceptors (Lipinski definition) is 2. The summed E-state index contributed by atoms with van der Waals surface area (Å²) >= 11 is 5.98. The molecule has 0 aliphatic heterocycles. The first-order valence-electron chi connectivity index (χ1n) is 8.33. The zero-order valence-corrected chi connectivity index (χ0v) is 14.3. The van der Waals surface area contributed by atoms with Crippen molar-refractivity contribution in [3.8, 4) is 0 Å². The number of hydrogen-bond donors (Lipinski definition) is 1. The highest BCUT2D eigenvalue weighted by Gasteiger charge is 2.17. The van der Waals surface area contributed by atoms with Crippen molar-refractivity contribution in [2.24, 2.45) is 0 Å². The van der Waals surface area contributed by atoms with Gasteiger partial charge >= 0.3 is 0 Å². The minimum Gasteiger partial charge on any atom is -0.313 e. The summed E-state index contributed by atoms with van der Waals surface area (Å²) < 4.78 is 0. The molecule has 0 spiro atoms. The second-order valence-corrected chi connectivity index (χ2v) is 6.81. The Balaban J connectivity index is 1.61. The Morgan fingerprint density at radius 1 is 1.24 bits per heavy atom. The van der Waals surface area contributed by atoms with Crippen molar-refractivity contribution in [1.29, 1.82) is 0 Å². The Hall–Kier alpha value is -0.570. The van der Waals surface area contributed by atoms with Crippen molar-refractivity contribution in [2.45, 2.75) is 58.0 Å². The molecule has 1 saturated carbocycles. The Bertz CT molecular complexity index is 427. The zero-order valence-electron chi connectivity index (χ0n) is 13.5. The summed E-state index contributed by atoms with van der Waals surface area (Å²) in [5, 5.41) is 4.37. The van der Waals surface area contributed by atoms with Crippen LogP contribution < -0.4 is 5.32 Å². The Morgan fingerprint density at radius 3 is 2.71 bits per heavy atom. The van der Waals surface area contributed by atoms with Gasteiger partial charge < -0.3 is 10.2 Å². The predicted octanol–water partition coefficient (Wildman–Crippen LogP) is 4.39. The average Bonchev–Trinajstić information content (AvgIpc) is 2.49. The van der Waals surface area contributed by atoms with Crippen molar-refractivity contribution >= 4 is 11.6 Å². The van der Waals surface area contributed by atoms with Crippen LogP contribution in [-0.4, -0.2) is 31.1 Å². The van der Waals surface area contributed by atoms with Gasteiger partial charge in [0.25, 0.3) is 0 Å². The number of nitrogens with zero attached hydrogens (tertiary/aromatic N) is 1. The van der Waals surface area contributed by atoms with E-state index in [2.05, 4.69) is 30.3 Å². The molecule has 0 radical (unpaired) electrons. The summed E-state index contributed by atoms with van der Waals surface area (Å²) in [5.74, 6) is 0. The lowest BCUT2D eigenvalue weighted by Gasteiger charge is -2.31. The summed E-state index contributed by atoms with van der Waals surface area (Å²) in [7, 11) is 2.29. The SMILES string of the molecule is Cc1cc(Cl)ccc1CNCCCN(C)C1CCCCC1. The van der Waals surface area contributed by atoms with Crippen LogP contribution >= 0.6 is 11.6 Å². The van der Waals surface area contributed by atoms with E-state index < -0.39 is 0 Å². The number of benzene rings is 1. The monoisotopic (exact) mass is 308 g/mol. The van der Waals surface area contributed by atoms with E-state index in [0.29, 0.717) is 0 Å². The van der Waals surface area contributed by atoms with Crippen molar-refractivity contribution < 1.29 is 0 Å². The molecule has 0 aromatic heterocycles. The standard InChI is InChI=1S/C18H29ClN2/c1-15-13-17(19)10-9-16(15)14-20-11-6-12-21(2)18-7-4-3-5-8-18/h9-10,13,18,20H,3-8,11-12,14H2,1-2H3. The number of nitrogens with one attached hydrogen (secondary N) is 1. The van der Waals surface area contributed by atoms with Crippen LogP contribution in [0.3, 0.4) is 0 Å². The lowest BCUT2D eigenvalue weighted by atomic mass is 9.94. The van der Waals surface area contributed by atoms with Crippen molar-refractivity contribution in [3.05, 3.63) is 34.3 Å². The van der Waals surface area contributed by atoms with Gasteiger partial charge in [0.05, 0.1) is 0 Å². The van der Waals surface area contributed by atoms with Gasteiger partial charge in [0.15, 0.2) is 0 Å². The molecular weight excluding hydrogens is 280 g/mol. The van der Waals surface area contributed by atoms with E-state index in [-0.39, 0.29) is 0 Å². The molecule has 0 saturated heterocycles. The van der Waals surface area contributed by atoms with E-state index in [9.17, 15) is 0 Å². The van der Waals surface area contributed by atoms with Gasteiger partial charge in [-0.2, -0.15) is 0 Å². The maximum Gasteiger partial charge on any atom is 0.0408 e. The normalized spacial score (nSPS) is 16.6. The maximum absolute atomic E-state index is 5.98. The van der Waals surface area contributed by atoms with E-state index in [4.69, 9.17) is 11.6 Å². The van der Waals surface area contributed by atoms with Gasteiger partial charge in [-0.3, -0.25) is 0 Å². The number of rotatable bonds is 7. The molecule has 118 valence electrons. The van der Waals surface area contributed by atoms with Gasteiger partial charge in [0.1, 0.15) is 0 Å². The van der Waals surface area contributed by atoms with Crippen molar-refractivity contribution in [2.75, 3.05) is 20.1 Å². The van der Waals surface area contributed by atoms with Gasteiger partial charge in [0.2, 0.25) is 0 Å². The van der Waals surface area contributed by atoms with E-state index in [1.165, 1.54) is 56.2 Å². The molecule has 0 unspecified atom stereocenters. The largest absolute Gasteiger partial charge is 0.313 e. The molecule has 1 aliphatic carbocycles. The highest BCUT2D eigenvalue weighted by molar-refractivity contribution is 6.30. The molecule has 1 fully saturated rings. The first-order chi connectivity index (χ1) is 10.2. The molecule has 1 N–H and O–H groups in total. The van der Waals surface area contributed by atoms with Crippen molar-refractivity contribution in [1.82, 2.24) is 10.2 Å². The van der Waals surface area contributed by atoms with Crippen LogP contribution in [0.1, 0.15) is 49.7 Å². The van der Waals surface area contributed by atoms with E-state index in [1.807, 2.05) is 12.1 Å². The Kier molecular flexibility index (Phi) is 7.01. The van der Waals surface area contributed by atoms with Crippen LogP contribution in [0.15, 0.2) is 18.2 Å². The fraction of sp³-hybridized carbons (Fsp3) is 0.667. The summed E-state index contributed by atoms with van der Waals surface area (Å²) in [6.07, 6.45) is 8.29. The minimum absolute atomic E-state index is 0.824. The lowest BCUT2D eigenvalue weighted by Crippen LogP contribution is -2.35. The highest BCUT2D eigenvalue weighted by Crippen LogP contribution is 2.21. The molecular formula is C18H29ClN2. The number of halogens is 1. The quantitative estimate of drug-likeness (QED) is 0.751. The van der Waals surface area contributed by atoms with E-state index >= 15 is 0 Å². The van der Waals surface area contributed by atoms with Crippen LogP contribution in [0.5, 0.6) is 0 Å². The average molecular weight is 309 g/mol. The van der Waals surface area contributed by atoms with Crippen LogP contribution in [0, 0.1) is 6.92 Å². The van der Waals surface area contributed by atoms with Gasteiger partial charge in [-0.15, -0.1) is 0 Å². The molecule has 0 amide bonds. The van der Waals surface area contributed by atoms with Gasteiger partial charge in [-0.25, -0.2) is 0 Å². The third kappa shape index (κ3) is 5.61. The fourth-order valence-corrected chi connectivity index (χ4v) is 3.47. The molecule has 2 nitrogen and oxygen atoms in total. The van der Waals surface area contributed by atoms with Crippen LogP contribution in [0.2, 0.25) is 5.02 Å². The summed E-state index contributed by atoms with van der Waals surface area (Å²) in [6.45, 7) is 5.35. The van der Waals surface area contributed by atoms with Crippen LogP contribution in [0.25, 0.3) is 0 Å². The first kappa shape index (κ1) is 16.8. The molecule has 21 heavy (non-hydrogen) atoms. The number of aryl methyl sites for hydroxylation is 1. The second kappa shape index (κ2) is 8.77. The third-order valence-electron chi connectivity index (χ3n) is 4.68. The van der Waals surface area contributed by atoms with Gasteiger partial charge in [-0.05, 0) is 69.6 Å². The smallest absolute Gasteiger partial charge is 0.0408 e. The molecule has 1 aliphatic rings. The first-order valence-corrected chi connectivity index (χ1v) is 8.70. The lowest BCUT2D eigenvalue weighted by molar-refractivity contribution is 0.189. The van der Waals surface area contributed by atoms with Crippen LogP contribution in [0.4, 0.5) is 0 Å². The van der Waals surface area contributed by atoms with Gasteiger partial charge in [0, 0.05) is 17.6 Å². The summed E-state index contributed by atoms with van der Waals surface area (Å²) in [4.78, 5) is 2.56. The maximum atomic E-state index is 5.98. The Labute approximate surface area is 134 Å². The van der Waals surface area contributed by atoms with Gasteiger partial charge in [-0.1, -0.05) is 36.9 Å². The molecule has 1 aromatic rings. The minimum atomic E-state index is 0.824. The molecule has 0 atom stereocenters. The molecule has 3 heteroatoms. The second-order valence-electron chi connectivity index (χ2n) is 6.37. The van der Waals surface area contributed by atoms with E-state index in [0.717, 1.165) is 24.2 Å². The Morgan fingerprint density at radius 2 is 2.00 bits per heavy atom. The third-order valence-corrected chi connectivity index (χ3v) is 4.92. The van der Waals surface area contributed by atoms with Crippen molar-refractivity contribution in [3.63, 3.8) is 0 Å². The summed E-state index contributed by atoms with van der Waals surface area (Å²) in [5.41, 5.74) is 2.62. The molecule has 2 rings (SSSR count). The highest BCUT2D eigenvalue weighted by atomic mass is 35.5. The fourth-order valence-electron chi connectivity index (χ4n) is 3.24. The topological polar surface area (TPSA) is 15.3 Å². The van der Waals surface area contributed by atoms with E-state index in [1.54, 1.807) is 0 Å². The van der Waals surface area contributed by atoms with Crippen LogP contribution in [-0.2, 0) is 6.54 Å². The zero-order chi connectivity index (χ0) is 15.1. The molecule has 0 heterocycles.